The SMILES string of the molecule is COC(CNC(=O)C1(O)CCCC1)c1ccc(F)cc1. The molecule has 1 aliphatic carbocycles. The van der Waals surface area contributed by atoms with Gasteiger partial charge in [-0.2, -0.15) is 0 Å². The van der Waals surface area contributed by atoms with E-state index in [1.54, 1.807) is 12.1 Å². The number of aliphatic hydroxyl groups is 1. The van der Waals surface area contributed by atoms with Crippen LogP contribution in [0.15, 0.2) is 24.3 Å². The van der Waals surface area contributed by atoms with Gasteiger partial charge in [-0.1, -0.05) is 12.1 Å². The average Bonchev–Trinajstić information content (AvgIpc) is 2.89. The molecule has 1 saturated carbocycles. The monoisotopic (exact) mass is 281 g/mol. The second-order valence-electron chi connectivity index (χ2n) is 5.22. The van der Waals surface area contributed by atoms with Gasteiger partial charge in [0.1, 0.15) is 11.4 Å². The molecule has 4 nitrogen and oxygen atoms in total. The normalized spacial score (nSPS) is 18.8. The highest BCUT2D eigenvalue weighted by atomic mass is 19.1. The molecular weight excluding hydrogens is 261 g/mol. The van der Waals surface area contributed by atoms with E-state index in [9.17, 15) is 14.3 Å². The average molecular weight is 281 g/mol. The topological polar surface area (TPSA) is 58.6 Å². The Morgan fingerprint density at radius 3 is 2.55 bits per heavy atom. The molecule has 1 amide bonds. The van der Waals surface area contributed by atoms with E-state index in [4.69, 9.17) is 4.74 Å². The summed E-state index contributed by atoms with van der Waals surface area (Å²) < 4.78 is 18.2. The predicted molar refractivity (Wildman–Crippen MR) is 72.6 cm³/mol. The first-order valence-corrected chi connectivity index (χ1v) is 6.84. The summed E-state index contributed by atoms with van der Waals surface area (Å²) in [5.74, 6) is -0.660. The molecule has 110 valence electrons. The van der Waals surface area contributed by atoms with Crippen molar-refractivity contribution in [2.45, 2.75) is 37.4 Å². The lowest BCUT2D eigenvalue weighted by atomic mass is 10.0. The summed E-state index contributed by atoms with van der Waals surface area (Å²) in [7, 11) is 1.53. The Balaban J connectivity index is 1.94. The fourth-order valence-electron chi connectivity index (χ4n) is 2.55. The third-order valence-corrected chi connectivity index (χ3v) is 3.83. The lowest BCUT2D eigenvalue weighted by molar-refractivity contribution is -0.139. The Kier molecular flexibility index (Phi) is 4.73. The van der Waals surface area contributed by atoms with E-state index in [0.29, 0.717) is 12.8 Å². The van der Waals surface area contributed by atoms with Crippen molar-refractivity contribution in [2.24, 2.45) is 0 Å². The largest absolute Gasteiger partial charge is 0.380 e. The van der Waals surface area contributed by atoms with E-state index in [0.717, 1.165) is 18.4 Å². The quantitative estimate of drug-likeness (QED) is 0.867. The standard InChI is InChI=1S/C15H20FNO3/c1-20-13(11-4-6-12(16)7-5-11)10-17-14(18)15(19)8-2-3-9-15/h4-7,13,19H,2-3,8-10H2,1H3,(H,17,18). The number of carbonyl (C=O) groups is 1. The van der Waals surface area contributed by atoms with E-state index in [1.165, 1.54) is 19.2 Å². The number of hydrogen-bond donors (Lipinski definition) is 2. The zero-order valence-corrected chi connectivity index (χ0v) is 11.6. The molecule has 1 unspecified atom stereocenters. The maximum absolute atomic E-state index is 12.9. The van der Waals surface area contributed by atoms with Crippen LogP contribution >= 0.6 is 0 Å². The summed E-state index contributed by atoms with van der Waals surface area (Å²) in [5.41, 5.74) is -0.450. The fourth-order valence-corrected chi connectivity index (χ4v) is 2.55. The smallest absolute Gasteiger partial charge is 0.252 e. The van der Waals surface area contributed by atoms with E-state index in [-0.39, 0.29) is 24.4 Å². The fraction of sp³-hybridized carbons (Fsp3) is 0.533. The molecule has 1 atom stereocenters. The Labute approximate surface area is 117 Å². The van der Waals surface area contributed by atoms with Gasteiger partial charge in [0.15, 0.2) is 0 Å². The molecule has 0 heterocycles. The van der Waals surface area contributed by atoms with Crippen molar-refractivity contribution >= 4 is 5.91 Å². The zero-order valence-electron chi connectivity index (χ0n) is 11.6. The highest BCUT2D eigenvalue weighted by Gasteiger charge is 2.38. The van der Waals surface area contributed by atoms with Crippen molar-refractivity contribution in [3.8, 4) is 0 Å². The molecule has 2 N–H and O–H groups in total. The number of ether oxygens (including phenoxy) is 1. The molecule has 20 heavy (non-hydrogen) atoms. The molecule has 0 aliphatic heterocycles. The number of carbonyl (C=O) groups excluding carboxylic acids is 1. The van der Waals surface area contributed by atoms with Crippen molar-refractivity contribution < 1.29 is 19.0 Å². The van der Waals surface area contributed by atoms with E-state index >= 15 is 0 Å². The summed E-state index contributed by atoms with van der Waals surface area (Å²) in [6.45, 7) is 0.253. The molecular formula is C15H20FNO3. The molecule has 2 rings (SSSR count). The van der Waals surface area contributed by atoms with Crippen molar-refractivity contribution in [1.29, 1.82) is 0 Å². The number of halogens is 1. The Hall–Kier alpha value is -1.46. The molecule has 0 saturated heterocycles. The minimum atomic E-state index is -1.24. The minimum Gasteiger partial charge on any atom is -0.380 e. The Morgan fingerprint density at radius 2 is 2.00 bits per heavy atom. The summed E-state index contributed by atoms with van der Waals surface area (Å²) in [5, 5.41) is 12.9. The second kappa shape index (κ2) is 6.33. The van der Waals surface area contributed by atoms with Gasteiger partial charge in [0, 0.05) is 13.7 Å². The number of methoxy groups -OCH3 is 1. The predicted octanol–water partition coefficient (Wildman–Crippen LogP) is 1.93. The maximum Gasteiger partial charge on any atom is 0.252 e. The minimum absolute atomic E-state index is 0.253. The Morgan fingerprint density at radius 1 is 1.40 bits per heavy atom. The van der Waals surface area contributed by atoms with Gasteiger partial charge in [-0.15, -0.1) is 0 Å². The molecule has 0 aromatic heterocycles. The van der Waals surface area contributed by atoms with Gasteiger partial charge in [-0.3, -0.25) is 4.79 Å². The van der Waals surface area contributed by atoms with Gasteiger partial charge in [-0.25, -0.2) is 4.39 Å². The van der Waals surface area contributed by atoms with Crippen LogP contribution in [-0.4, -0.2) is 30.3 Å². The first-order valence-electron chi connectivity index (χ1n) is 6.84. The lowest BCUT2D eigenvalue weighted by Gasteiger charge is -2.23. The second-order valence-corrected chi connectivity index (χ2v) is 5.22. The van der Waals surface area contributed by atoms with E-state index < -0.39 is 5.60 Å². The molecule has 1 aromatic carbocycles. The highest BCUT2D eigenvalue weighted by molar-refractivity contribution is 5.85. The van der Waals surface area contributed by atoms with Crippen LogP contribution in [0.3, 0.4) is 0 Å². The maximum atomic E-state index is 12.9. The summed E-state index contributed by atoms with van der Waals surface area (Å²) in [6.07, 6.45) is 2.40. The number of hydrogen-bond acceptors (Lipinski definition) is 3. The molecule has 0 spiro atoms. The van der Waals surface area contributed by atoms with Crippen molar-refractivity contribution in [3.05, 3.63) is 35.6 Å². The van der Waals surface area contributed by atoms with Crippen LogP contribution in [0.1, 0.15) is 37.4 Å². The van der Waals surface area contributed by atoms with Crippen LogP contribution in [0.5, 0.6) is 0 Å². The summed E-state index contributed by atoms with van der Waals surface area (Å²) in [6, 6.07) is 5.96. The molecule has 5 heteroatoms. The molecule has 1 aliphatic rings. The zero-order chi connectivity index (χ0) is 14.6. The van der Waals surface area contributed by atoms with Crippen LogP contribution in [-0.2, 0) is 9.53 Å². The molecule has 0 radical (unpaired) electrons. The lowest BCUT2D eigenvalue weighted by Crippen LogP contribution is -2.46. The van der Waals surface area contributed by atoms with Crippen LogP contribution in [0.4, 0.5) is 4.39 Å². The first-order chi connectivity index (χ1) is 9.55. The number of benzene rings is 1. The molecule has 0 bridgehead atoms. The molecule has 1 fully saturated rings. The van der Waals surface area contributed by atoms with Gasteiger partial charge in [0.25, 0.3) is 5.91 Å². The van der Waals surface area contributed by atoms with Gasteiger partial charge >= 0.3 is 0 Å². The van der Waals surface area contributed by atoms with Crippen molar-refractivity contribution in [2.75, 3.05) is 13.7 Å². The van der Waals surface area contributed by atoms with Gasteiger partial charge in [0.2, 0.25) is 0 Å². The van der Waals surface area contributed by atoms with Gasteiger partial charge in [-0.05, 0) is 43.4 Å². The van der Waals surface area contributed by atoms with Crippen molar-refractivity contribution in [3.63, 3.8) is 0 Å². The van der Waals surface area contributed by atoms with Crippen LogP contribution < -0.4 is 5.32 Å². The summed E-state index contributed by atoms with van der Waals surface area (Å²) >= 11 is 0. The third-order valence-electron chi connectivity index (χ3n) is 3.83. The van der Waals surface area contributed by atoms with Gasteiger partial charge < -0.3 is 15.2 Å². The van der Waals surface area contributed by atoms with Crippen LogP contribution in [0.2, 0.25) is 0 Å². The van der Waals surface area contributed by atoms with E-state index in [2.05, 4.69) is 5.32 Å². The highest BCUT2D eigenvalue weighted by Crippen LogP contribution is 2.29. The van der Waals surface area contributed by atoms with Crippen LogP contribution in [0.25, 0.3) is 0 Å². The number of nitrogens with one attached hydrogen (secondary N) is 1. The number of amides is 1. The number of rotatable bonds is 5. The molecule has 1 aromatic rings. The Bertz CT molecular complexity index is 455. The van der Waals surface area contributed by atoms with Crippen molar-refractivity contribution in [1.82, 2.24) is 5.32 Å². The van der Waals surface area contributed by atoms with Crippen LogP contribution in [0, 0.1) is 5.82 Å². The third kappa shape index (κ3) is 3.35. The first kappa shape index (κ1) is 14.9. The van der Waals surface area contributed by atoms with Gasteiger partial charge in [0.05, 0.1) is 6.10 Å². The van der Waals surface area contributed by atoms with E-state index in [1.807, 2.05) is 0 Å². The summed E-state index contributed by atoms with van der Waals surface area (Å²) in [4.78, 5) is 12.0.